The van der Waals surface area contributed by atoms with E-state index in [2.05, 4.69) is 5.32 Å². The molecule has 0 fully saturated rings. The first-order valence-electron chi connectivity index (χ1n) is 7.01. The number of carboxylic acids is 1. The van der Waals surface area contributed by atoms with Gasteiger partial charge < -0.3 is 20.3 Å². The van der Waals surface area contributed by atoms with Crippen LogP contribution >= 0.6 is 0 Å². The fourth-order valence-electron chi connectivity index (χ4n) is 1.87. The lowest BCUT2D eigenvalue weighted by molar-refractivity contribution is -0.140. The van der Waals surface area contributed by atoms with Crippen molar-refractivity contribution in [1.29, 1.82) is 0 Å². The highest BCUT2D eigenvalue weighted by Crippen LogP contribution is 2.14. The van der Waals surface area contributed by atoms with Crippen LogP contribution in [0.5, 0.6) is 5.75 Å². The molecule has 3 N–H and O–H groups in total. The van der Waals surface area contributed by atoms with Crippen LogP contribution in [0.15, 0.2) is 54.6 Å². The number of carboxylic acid groups (broad SMARTS) is 1. The summed E-state index contributed by atoms with van der Waals surface area (Å²) in [5.41, 5.74) is 1.32. The van der Waals surface area contributed by atoms with Gasteiger partial charge in [0.25, 0.3) is 5.91 Å². The van der Waals surface area contributed by atoms with E-state index in [0.29, 0.717) is 12.4 Å². The molecule has 2 rings (SSSR count). The highest BCUT2D eigenvalue weighted by molar-refractivity contribution is 5.96. The number of amides is 1. The lowest BCUT2D eigenvalue weighted by atomic mass is 10.2. The van der Waals surface area contributed by atoms with Crippen molar-refractivity contribution in [2.24, 2.45) is 0 Å². The summed E-state index contributed by atoms with van der Waals surface area (Å²) in [5.74, 6) is -1.26. The smallest absolute Gasteiger partial charge is 0.328 e. The van der Waals surface area contributed by atoms with Crippen LogP contribution in [0.3, 0.4) is 0 Å². The average Bonchev–Trinajstić information content (AvgIpc) is 2.58. The van der Waals surface area contributed by atoms with Crippen LogP contribution in [0.2, 0.25) is 0 Å². The first-order valence-corrected chi connectivity index (χ1v) is 7.01. The summed E-state index contributed by atoms with van der Waals surface area (Å²) in [6.45, 7) is -0.253. The molecule has 1 atom stereocenters. The second-order valence-electron chi connectivity index (χ2n) is 4.85. The van der Waals surface area contributed by atoms with Gasteiger partial charge in [-0.05, 0) is 29.8 Å². The molecule has 23 heavy (non-hydrogen) atoms. The highest BCUT2D eigenvalue weighted by Gasteiger charge is 2.19. The van der Waals surface area contributed by atoms with Crippen molar-refractivity contribution < 1.29 is 24.5 Å². The van der Waals surface area contributed by atoms with Crippen molar-refractivity contribution in [3.05, 3.63) is 65.7 Å². The topological polar surface area (TPSA) is 95.9 Å². The van der Waals surface area contributed by atoms with Crippen molar-refractivity contribution in [2.45, 2.75) is 12.6 Å². The number of aliphatic carboxylic acids is 1. The summed E-state index contributed by atoms with van der Waals surface area (Å²) >= 11 is 0. The van der Waals surface area contributed by atoms with Gasteiger partial charge in [0.1, 0.15) is 12.4 Å². The summed E-state index contributed by atoms with van der Waals surface area (Å²) in [5, 5.41) is 19.9. The van der Waals surface area contributed by atoms with Crippen molar-refractivity contribution >= 4 is 11.9 Å². The summed E-state index contributed by atoms with van der Waals surface area (Å²) < 4.78 is 5.60. The summed E-state index contributed by atoms with van der Waals surface area (Å²) in [7, 11) is 0. The fourth-order valence-corrected chi connectivity index (χ4v) is 1.87. The largest absolute Gasteiger partial charge is 0.489 e. The summed E-state index contributed by atoms with van der Waals surface area (Å²) in [4.78, 5) is 22.7. The van der Waals surface area contributed by atoms with Crippen LogP contribution in [0.4, 0.5) is 0 Å². The second-order valence-corrected chi connectivity index (χ2v) is 4.85. The van der Waals surface area contributed by atoms with Crippen LogP contribution < -0.4 is 10.1 Å². The molecule has 120 valence electrons. The number of hydrogen-bond donors (Lipinski definition) is 3. The molecule has 0 aliphatic rings. The van der Waals surface area contributed by atoms with E-state index < -0.39 is 24.5 Å². The third-order valence-electron chi connectivity index (χ3n) is 3.15. The van der Waals surface area contributed by atoms with Crippen molar-refractivity contribution in [3.63, 3.8) is 0 Å². The normalized spacial score (nSPS) is 11.5. The quantitative estimate of drug-likeness (QED) is 0.718. The molecule has 6 heteroatoms. The SMILES string of the molecule is O=C(NC(CO)C(=O)O)c1ccc(OCc2ccccc2)cc1. The number of ether oxygens (including phenoxy) is 1. The van der Waals surface area contributed by atoms with Gasteiger partial charge in [-0.15, -0.1) is 0 Å². The minimum atomic E-state index is -1.32. The van der Waals surface area contributed by atoms with Gasteiger partial charge in [0, 0.05) is 5.56 Å². The Morgan fingerprint density at radius 3 is 2.26 bits per heavy atom. The van der Waals surface area contributed by atoms with Crippen molar-refractivity contribution in [1.82, 2.24) is 5.32 Å². The zero-order valence-corrected chi connectivity index (χ0v) is 12.3. The van der Waals surface area contributed by atoms with Gasteiger partial charge in [-0.1, -0.05) is 30.3 Å². The van der Waals surface area contributed by atoms with Gasteiger partial charge in [-0.25, -0.2) is 4.79 Å². The van der Waals surface area contributed by atoms with Crippen LogP contribution in [0.25, 0.3) is 0 Å². The molecule has 2 aromatic rings. The van der Waals surface area contributed by atoms with Crippen LogP contribution in [0, 0.1) is 0 Å². The minimum Gasteiger partial charge on any atom is -0.489 e. The predicted molar refractivity (Wildman–Crippen MR) is 83.2 cm³/mol. The lowest BCUT2D eigenvalue weighted by Gasteiger charge is -2.12. The van der Waals surface area contributed by atoms with Crippen molar-refractivity contribution in [2.75, 3.05) is 6.61 Å². The number of aliphatic hydroxyl groups excluding tert-OH is 1. The van der Waals surface area contributed by atoms with Gasteiger partial charge >= 0.3 is 5.97 Å². The van der Waals surface area contributed by atoms with E-state index >= 15 is 0 Å². The molecule has 0 bridgehead atoms. The molecular formula is C17H17NO5. The van der Waals surface area contributed by atoms with Gasteiger partial charge in [0.05, 0.1) is 6.61 Å². The maximum absolute atomic E-state index is 11.9. The standard InChI is InChI=1S/C17H17NO5/c19-10-15(17(21)22)18-16(20)13-6-8-14(9-7-13)23-11-12-4-2-1-3-5-12/h1-9,15,19H,10-11H2,(H,18,20)(H,21,22). The Morgan fingerprint density at radius 1 is 1.04 bits per heavy atom. The molecule has 0 aliphatic carbocycles. The maximum atomic E-state index is 11.9. The van der Waals surface area contributed by atoms with Gasteiger partial charge in [0.15, 0.2) is 6.04 Å². The van der Waals surface area contributed by atoms with E-state index in [9.17, 15) is 9.59 Å². The molecule has 0 aliphatic heterocycles. The maximum Gasteiger partial charge on any atom is 0.328 e. The molecule has 1 amide bonds. The third-order valence-corrected chi connectivity index (χ3v) is 3.15. The molecule has 1 unspecified atom stereocenters. The molecule has 0 aromatic heterocycles. The van der Waals surface area contributed by atoms with Crippen LogP contribution in [0.1, 0.15) is 15.9 Å². The number of carbonyl (C=O) groups excluding carboxylic acids is 1. The third kappa shape index (κ3) is 4.82. The Kier molecular flexibility index (Phi) is 5.71. The Morgan fingerprint density at radius 2 is 1.70 bits per heavy atom. The number of nitrogens with one attached hydrogen (secondary N) is 1. The number of hydrogen-bond acceptors (Lipinski definition) is 4. The van der Waals surface area contributed by atoms with E-state index in [1.165, 1.54) is 12.1 Å². The highest BCUT2D eigenvalue weighted by atomic mass is 16.5. The summed E-state index contributed by atoms with van der Waals surface area (Å²) in [6, 6.07) is 14.7. The van der Waals surface area contributed by atoms with E-state index in [4.69, 9.17) is 14.9 Å². The number of rotatable bonds is 7. The number of carbonyl (C=O) groups is 2. The van der Waals surface area contributed by atoms with Gasteiger partial charge in [-0.2, -0.15) is 0 Å². The van der Waals surface area contributed by atoms with Crippen LogP contribution in [-0.4, -0.2) is 34.7 Å². The van der Waals surface area contributed by atoms with E-state index in [0.717, 1.165) is 5.56 Å². The molecular weight excluding hydrogens is 298 g/mol. The Hall–Kier alpha value is -2.86. The number of aliphatic hydroxyl groups is 1. The Labute approximate surface area is 133 Å². The van der Waals surface area contributed by atoms with Crippen LogP contribution in [-0.2, 0) is 11.4 Å². The second kappa shape index (κ2) is 7.95. The minimum absolute atomic E-state index is 0.289. The monoisotopic (exact) mass is 315 g/mol. The van der Waals surface area contributed by atoms with E-state index in [-0.39, 0.29) is 5.56 Å². The van der Waals surface area contributed by atoms with E-state index in [1.807, 2.05) is 30.3 Å². The molecule has 0 spiro atoms. The predicted octanol–water partition coefficient (Wildman–Crippen LogP) is 1.44. The average molecular weight is 315 g/mol. The zero-order valence-electron chi connectivity index (χ0n) is 12.3. The first-order chi connectivity index (χ1) is 11.1. The molecule has 6 nitrogen and oxygen atoms in total. The van der Waals surface area contributed by atoms with E-state index in [1.54, 1.807) is 12.1 Å². The molecule has 0 radical (unpaired) electrons. The molecule has 0 heterocycles. The number of benzene rings is 2. The Balaban J connectivity index is 1.93. The zero-order chi connectivity index (χ0) is 16.7. The first kappa shape index (κ1) is 16.5. The fraction of sp³-hybridized carbons (Fsp3) is 0.176. The van der Waals surface area contributed by atoms with Gasteiger partial charge in [-0.3, -0.25) is 4.79 Å². The lowest BCUT2D eigenvalue weighted by Crippen LogP contribution is -2.43. The molecule has 0 saturated carbocycles. The van der Waals surface area contributed by atoms with Crippen molar-refractivity contribution in [3.8, 4) is 5.75 Å². The molecule has 2 aromatic carbocycles. The molecule has 0 saturated heterocycles. The Bertz CT molecular complexity index is 654. The van der Waals surface area contributed by atoms with Gasteiger partial charge in [0.2, 0.25) is 0 Å². The summed E-state index contributed by atoms with van der Waals surface area (Å²) in [6.07, 6.45) is 0.